The van der Waals surface area contributed by atoms with Crippen molar-refractivity contribution in [1.82, 2.24) is 39.2 Å². The van der Waals surface area contributed by atoms with Crippen molar-refractivity contribution in [2.24, 2.45) is 4.99 Å². The predicted molar refractivity (Wildman–Crippen MR) is 507 cm³/mol. The van der Waals surface area contributed by atoms with Crippen LogP contribution >= 0.6 is 11.6 Å². The molecule has 0 aliphatic carbocycles. The van der Waals surface area contributed by atoms with Gasteiger partial charge in [-0.1, -0.05) is 174 Å². The number of aliphatic imine (C=N–C) groups is 1. The number of rotatable bonds is 16. The zero-order chi connectivity index (χ0) is 93.1. The molecule has 0 spiro atoms. The van der Waals surface area contributed by atoms with E-state index in [-0.39, 0.29) is 65.9 Å². The second-order valence-corrected chi connectivity index (χ2v) is 34.2. The van der Waals surface area contributed by atoms with Crippen LogP contribution in [-0.4, -0.2) is 223 Å². The van der Waals surface area contributed by atoms with E-state index in [1.165, 1.54) is 5.56 Å². The van der Waals surface area contributed by atoms with Gasteiger partial charge in [0.25, 0.3) is 17.7 Å². The Bertz CT molecular complexity index is 5880. The highest BCUT2D eigenvalue weighted by molar-refractivity contribution is 6.27. The van der Waals surface area contributed by atoms with Crippen molar-refractivity contribution in [3.63, 3.8) is 0 Å². The monoisotopic (exact) mass is 1790 g/mol. The number of halogens is 1. The Balaban J connectivity index is 0.000000160. The Morgan fingerprint density at radius 2 is 0.777 bits per heavy atom. The molecule has 0 radical (unpaired) electrons. The zero-order valence-electron chi connectivity index (χ0n) is 75.4. The summed E-state index contributed by atoms with van der Waals surface area (Å²) in [7, 11) is 0. The van der Waals surface area contributed by atoms with E-state index in [1.54, 1.807) is 77.5 Å². The number of carbonyl (C=O) groups excluding carboxylic acids is 7. The van der Waals surface area contributed by atoms with Gasteiger partial charge in [0.1, 0.15) is 40.3 Å². The first-order chi connectivity index (χ1) is 62.3. The van der Waals surface area contributed by atoms with Gasteiger partial charge in [-0.25, -0.2) is 23.7 Å². The standard InChI is InChI=1S/C31H35N5O4.C21H26N2O5.C16H18N2O3.C15H17N3O.C10H9NO.C6H10ClNO2/c1-21-9-11-22(12-10-21)36-28(19-27(34-36)31(2,3)4)33-30(38)32-25-13-14-26(24-8-6-5-7-23(24)25)40-20-29(37)35-15-17-39-18-16-35;1-21(2,3)28-20(25)22-17-8-9-18(16-7-5-4-6-15(16)17)27-14-19(24)23-10-12-26-13-11-23;17-14-5-6-15(13-4-2-1-3-12(13)14)21-11-16(19)18-7-9-20-10-8-18;1-11-5-7-12(8-6-11)18-14(16-10-19)9-13(17-18)15(2,3)4;11-9-5-6-10(12)8-4-2-1-3-7(8)9;7-5-6(9)8-1-3-10-4-2-8/h5-14,19H,15-18,20H2,1-4H3,(H2,32,33,38);4-9H,10-14H2,1-3H3,(H,22,25);1-6H,7-11,17H2;5-9H,1-4H3;1-6,12H,11H2;1-5H2. The zero-order valence-corrected chi connectivity index (χ0v) is 76.2. The Hall–Kier alpha value is -13.6. The summed E-state index contributed by atoms with van der Waals surface area (Å²) in [5.41, 5.74) is 19.3. The van der Waals surface area contributed by atoms with Crippen molar-refractivity contribution in [2.45, 2.75) is 92.6 Å². The summed E-state index contributed by atoms with van der Waals surface area (Å²) in [4.78, 5) is 94.5. The highest BCUT2D eigenvalue weighted by Crippen LogP contribution is 2.37. The third-order valence-corrected chi connectivity index (χ3v) is 21.3. The molecule has 31 heteroatoms. The largest absolute Gasteiger partial charge is 0.507 e. The summed E-state index contributed by atoms with van der Waals surface area (Å²) in [6.07, 6.45) is 1.06. The second-order valence-electron chi connectivity index (χ2n) is 33.9. The van der Waals surface area contributed by atoms with E-state index < -0.39 is 17.7 Å². The van der Waals surface area contributed by atoms with Gasteiger partial charge < -0.3 is 79.4 Å². The number of amides is 7. The van der Waals surface area contributed by atoms with E-state index >= 15 is 0 Å². The van der Waals surface area contributed by atoms with Gasteiger partial charge in [0, 0.05) is 130 Å². The van der Waals surface area contributed by atoms with Crippen LogP contribution in [0.5, 0.6) is 23.0 Å². The van der Waals surface area contributed by atoms with E-state index in [4.69, 9.17) is 66.1 Å². The molecule has 0 saturated carbocycles. The number of alkyl halides is 1. The summed E-state index contributed by atoms with van der Waals surface area (Å²) >= 11 is 5.35. The number of isocyanates is 1. The summed E-state index contributed by atoms with van der Waals surface area (Å²) < 4.78 is 47.1. The van der Waals surface area contributed by atoms with Crippen LogP contribution in [0.15, 0.2) is 211 Å². The molecule has 130 heavy (non-hydrogen) atoms. The number of hydrogen-bond acceptors (Lipinski definition) is 21. The third-order valence-electron chi connectivity index (χ3n) is 21.0. The molecule has 2 aromatic heterocycles. The molecule has 4 aliphatic rings. The maximum Gasteiger partial charge on any atom is 0.412 e. The van der Waals surface area contributed by atoms with Crippen molar-refractivity contribution in [3.8, 4) is 34.4 Å². The van der Waals surface area contributed by atoms with Gasteiger partial charge in [-0.05, 0) is 107 Å². The first-order valence-electron chi connectivity index (χ1n) is 43.0. The number of benzene rings is 10. The molecule has 684 valence electrons. The van der Waals surface area contributed by atoms with Crippen LogP contribution in [0.2, 0.25) is 0 Å². The number of fused-ring (bicyclic) bond motifs is 4. The number of phenolic OH excluding ortho intramolecular Hbond substituents is 1. The lowest BCUT2D eigenvalue weighted by Gasteiger charge is -2.26. The van der Waals surface area contributed by atoms with E-state index in [2.05, 4.69) is 67.6 Å². The molecule has 10 aromatic carbocycles. The molecule has 16 rings (SSSR count). The maximum atomic E-state index is 13.2. The van der Waals surface area contributed by atoms with Crippen molar-refractivity contribution in [1.29, 1.82) is 0 Å². The number of nitrogens with zero attached hydrogens (tertiary/aromatic N) is 9. The number of carbonyl (C=O) groups is 6. The van der Waals surface area contributed by atoms with Gasteiger partial charge in [-0.15, -0.1) is 16.6 Å². The fraction of sp³-hybridized carbons (Fsp3) is 0.343. The first-order valence-corrected chi connectivity index (χ1v) is 43.5. The predicted octanol–water partition coefficient (Wildman–Crippen LogP) is 16.3. The van der Waals surface area contributed by atoms with E-state index in [1.807, 2.05) is 198 Å². The molecular formula is C99H115ClN14O16. The molecule has 8 N–H and O–H groups in total. The topological polar surface area (TPSA) is 363 Å². The summed E-state index contributed by atoms with van der Waals surface area (Å²) in [5, 5.41) is 34.3. The number of aryl methyl sites for hydroxylation is 2. The van der Waals surface area contributed by atoms with Gasteiger partial charge in [0.05, 0.1) is 87.0 Å². The lowest BCUT2D eigenvalue weighted by atomic mass is 9.92. The van der Waals surface area contributed by atoms with Crippen LogP contribution in [0, 0.1) is 13.8 Å². The quantitative estimate of drug-likeness (QED) is 0.0172. The van der Waals surface area contributed by atoms with Crippen molar-refractivity contribution in [2.75, 3.05) is 158 Å². The molecule has 7 amide bonds. The molecule has 30 nitrogen and oxygen atoms in total. The minimum absolute atomic E-state index is 0.00460. The summed E-state index contributed by atoms with van der Waals surface area (Å²) in [6.45, 7) is 31.5. The number of aromatic nitrogens is 4. The van der Waals surface area contributed by atoms with Crippen LogP contribution in [0.1, 0.15) is 84.8 Å². The van der Waals surface area contributed by atoms with Crippen LogP contribution in [0.25, 0.3) is 54.5 Å². The molecule has 0 bridgehead atoms. The Morgan fingerprint density at radius 3 is 1.18 bits per heavy atom. The fourth-order valence-corrected chi connectivity index (χ4v) is 14.1. The molecule has 4 saturated heterocycles. The summed E-state index contributed by atoms with van der Waals surface area (Å²) in [5.74, 6) is 3.13. The number of phenols is 1. The highest BCUT2D eigenvalue weighted by atomic mass is 35.5. The molecule has 4 fully saturated rings. The average molecular weight is 1790 g/mol. The van der Waals surface area contributed by atoms with Gasteiger partial charge in [-0.2, -0.15) is 10.2 Å². The van der Waals surface area contributed by atoms with Crippen LogP contribution < -0.4 is 41.6 Å². The molecule has 0 unspecified atom stereocenters. The average Bonchev–Trinajstić information content (AvgIpc) is 1.48. The van der Waals surface area contributed by atoms with E-state index in [9.17, 15) is 38.7 Å². The number of ether oxygens (including phenoxy) is 8. The minimum atomic E-state index is -0.581. The Kier molecular flexibility index (Phi) is 34.2. The van der Waals surface area contributed by atoms with E-state index in [0.29, 0.717) is 157 Å². The number of urea groups is 1. The van der Waals surface area contributed by atoms with Crippen LogP contribution in [0.4, 0.5) is 44.0 Å². The number of hydrogen-bond donors (Lipinski definition) is 6. The van der Waals surface area contributed by atoms with E-state index in [0.717, 1.165) is 71.4 Å². The van der Waals surface area contributed by atoms with Gasteiger partial charge >= 0.3 is 12.1 Å². The maximum absolute atomic E-state index is 13.2. The number of aromatic hydroxyl groups is 1. The second kappa shape index (κ2) is 45.9. The molecule has 4 aliphatic heterocycles. The molecule has 0 atom stereocenters. The highest BCUT2D eigenvalue weighted by Gasteiger charge is 2.27. The van der Waals surface area contributed by atoms with Crippen molar-refractivity contribution < 1.29 is 76.6 Å². The number of nitrogens with one attached hydrogen (secondary N) is 3. The first kappa shape index (κ1) is 97.0. The van der Waals surface area contributed by atoms with Gasteiger partial charge in [0.15, 0.2) is 25.6 Å². The Morgan fingerprint density at radius 1 is 0.431 bits per heavy atom. The number of morpholine rings is 4. The van der Waals surface area contributed by atoms with Gasteiger partial charge in [0.2, 0.25) is 12.0 Å². The lowest BCUT2D eigenvalue weighted by molar-refractivity contribution is -0.138. The molecule has 12 aromatic rings. The number of nitrogens with two attached hydrogens (primary N) is 2. The number of anilines is 5. The minimum Gasteiger partial charge on any atom is -0.507 e. The SMILES string of the molecule is CC(C)(C)OC(=O)Nc1ccc(OCC(=O)N2CCOCC2)c2ccccc12.Cc1ccc(-n2nc(C(C)(C)C)cc2N=C=O)cc1.Cc1ccc(-n2nc(C(C)(C)C)cc2NC(=O)Nc2ccc(OCC(=O)N3CCOCC3)c3ccccc23)cc1.Nc1ccc(O)c2ccccc12.Nc1ccc(OCC(=O)N2CCOCC2)c2ccccc12.O=C(CCl)N1CCOCC1. The smallest absolute Gasteiger partial charge is 0.412 e. The van der Waals surface area contributed by atoms with Crippen LogP contribution in [0.3, 0.4) is 0 Å². The summed E-state index contributed by atoms with van der Waals surface area (Å²) in [6, 6.07) is 63.7. The lowest BCUT2D eigenvalue weighted by Crippen LogP contribution is -2.42. The number of nitrogen functional groups attached to an aromatic ring is 2. The third kappa shape index (κ3) is 27.5. The Labute approximate surface area is 761 Å². The molecule has 6 heterocycles. The normalized spacial score (nSPS) is 13.9. The fourth-order valence-electron chi connectivity index (χ4n) is 13.9. The van der Waals surface area contributed by atoms with Crippen molar-refractivity contribution in [3.05, 3.63) is 229 Å². The molecular weight excluding hydrogens is 1680 g/mol. The van der Waals surface area contributed by atoms with Crippen molar-refractivity contribution >= 4 is 131 Å². The van der Waals surface area contributed by atoms with Crippen LogP contribution in [-0.2, 0) is 58.5 Å². The van der Waals surface area contributed by atoms with Gasteiger partial charge in [-0.3, -0.25) is 29.8 Å².